The van der Waals surface area contributed by atoms with Crippen molar-refractivity contribution in [1.29, 1.82) is 0 Å². The molecular weight excluding hydrogens is 284 g/mol. The monoisotopic (exact) mass is 302 g/mol. The number of aryl methyl sites for hydroxylation is 1. The number of nitrogens with zero attached hydrogens (tertiary/aromatic N) is 6. The largest absolute Gasteiger partial charge is 0.463 e. The van der Waals surface area contributed by atoms with Crippen LogP contribution in [0.3, 0.4) is 0 Å². The molecule has 1 amide bonds. The van der Waals surface area contributed by atoms with Gasteiger partial charge < -0.3 is 9.64 Å². The molecule has 3 rings (SSSR count). The minimum Gasteiger partial charge on any atom is -0.463 e. The molecule has 0 aliphatic carbocycles. The molecule has 0 bridgehead atoms. The summed E-state index contributed by atoms with van der Waals surface area (Å²) in [6.07, 6.45) is 6.91. The van der Waals surface area contributed by atoms with Gasteiger partial charge in [0.05, 0.1) is 12.8 Å². The van der Waals surface area contributed by atoms with Crippen LogP contribution in [0.1, 0.15) is 23.3 Å². The van der Waals surface area contributed by atoms with Crippen LogP contribution in [-0.2, 0) is 7.05 Å². The molecule has 8 heteroatoms. The van der Waals surface area contributed by atoms with Gasteiger partial charge in [0.15, 0.2) is 5.69 Å². The van der Waals surface area contributed by atoms with E-state index in [1.807, 2.05) is 4.90 Å². The number of hydrogen-bond donors (Lipinski definition) is 0. The summed E-state index contributed by atoms with van der Waals surface area (Å²) in [4.78, 5) is 22.3. The van der Waals surface area contributed by atoms with E-state index in [1.54, 1.807) is 31.7 Å². The Bertz CT molecular complexity index is 629. The molecule has 116 valence electrons. The summed E-state index contributed by atoms with van der Waals surface area (Å²) in [5, 5.41) is 7.69. The third kappa shape index (κ3) is 3.38. The van der Waals surface area contributed by atoms with Crippen LogP contribution in [0.5, 0.6) is 6.01 Å². The highest BCUT2D eigenvalue weighted by molar-refractivity contribution is 5.91. The Morgan fingerprint density at radius 1 is 1.41 bits per heavy atom. The van der Waals surface area contributed by atoms with E-state index in [0.29, 0.717) is 24.9 Å². The predicted molar refractivity (Wildman–Crippen MR) is 77.2 cm³/mol. The fourth-order valence-corrected chi connectivity index (χ4v) is 2.55. The van der Waals surface area contributed by atoms with Gasteiger partial charge in [-0.05, 0) is 18.9 Å². The Morgan fingerprint density at radius 2 is 2.23 bits per heavy atom. The Hall–Kier alpha value is -2.51. The van der Waals surface area contributed by atoms with Gasteiger partial charge in [-0.25, -0.2) is 9.97 Å². The number of ether oxygens (including phenoxy) is 1. The molecule has 0 aromatic carbocycles. The fourth-order valence-electron chi connectivity index (χ4n) is 2.55. The molecule has 1 unspecified atom stereocenters. The second-order valence-electron chi connectivity index (χ2n) is 5.38. The van der Waals surface area contributed by atoms with Gasteiger partial charge in [0.25, 0.3) is 5.91 Å². The Morgan fingerprint density at radius 3 is 2.95 bits per heavy atom. The van der Waals surface area contributed by atoms with Crippen LogP contribution in [0, 0.1) is 5.92 Å². The van der Waals surface area contributed by atoms with Crippen molar-refractivity contribution in [2.24, 2.45) is 13.0 Å². The lowest BCUT2D eigenvalue weighted by molar-refractivity contribution is 0.0623. The Balaban J connectivity index is 1.56. The molecule has 0 saturated carbocycles. The van der Waals surface area contributed by atoms with Crippen molar-refractivity contribution in [2.45, 2.75) is 12.8 Å². The number of hydrogen-bond acceptors (Lipinski definition) is 6. The number of carbonyl (C=O) groups is 1. The summed E-state index contributed by atoms with van der Waals surface area (Å²) >= 11 is 0. The predicted octanol–water partition coefficient (Wildman–Crippen LogP) is 0.536. The van der Waals surface area contributed by atoms with Crippen LogP contribution in [0.2, 0.25) is 0 Å². The second-order valence-corrected chi connectivity index (χ2v) is 5.38. The maximum atomic E-state index is 12.4. The lowest BCUT2D eigenvalue weighted by atomic mass is 9.99. The van der Waals surface area contributed by atoms with E-state index in [4.69, 9.17) is 4.74 Å². The third-order valence-electron chi connectivity index (χ3n) is 3.62. The van der Waals surface area contributed by atoms with E-state index >= 15 is 0 Å². The number of carbonyl (C=O) groups excluding carboxylic acids is 1. The summed E-state index contributed by atoms with van der Waals surface area (Å²) in [6, 6.07) is 2.12. The minimum absolute atomic E-state index is 0.0752. The molecule has 2 aromatic rings. The van der Waals surface area contributed by atoms with E-state index < -0.39 is 0 Å². The average Bonchev–Trinajstić information content (AvgIpc) is 3.00. The van der Waals surface area contributed by atoms with E-state index in [0.717, 1.165) is 19.4 Å². The van der Waals surface area contributed by atoms with E-state index in [1.165, 1.54) is 4.68 Å². The van der Waals surface area contributed by atoms with Gasteiger partial charge in [0, 0.05) is 38.4 Å². The highest BCUT2D eigenvalue weighted by atomic mass is 16.5. The summed E-state index contributed by atoms with van der Waals surface area (Å²) in [5.41, 5.74) is 0.385. The van der Waals surface area contributed by atoms with Gasteiger partial charge in [-0.2, -0.15) is 0 Å². The van der Waals surface area contributed by atoms with E-state index in [9.17, 15) is 4.79 Å². The van der Waals surface area contributed by atoms with Crippen molar-refractivity contribution < 1.29 is 9.53 Å². The van der Waals surface area contributed by atoms with Crippen molar-refractivity contribution in [3.8, 4) is 6.01 Å². The summed E-state index contributed by atoms with van der Waals surface area (Å²) in [6.45, 7) is 1.91. The Kier molecular flexibility index (Phi) is 4.27. The third-order valence-corrected chi connectivity index (χ3v) is 3.62. The first-order valence-corrected chi connectivity index (χ1v) is 7.28. The Labute approximate surface area is 128 Å². The van der Waals surface area contributed by atoms with Crippen molar-refractivity contribution in [3.63, 3.8) is 0 Å². The number of aromatic nitrogens is 5. The number of piperidine rings is 1. The van der Waals surface area contributed by atoms with E-state index in [-0.39, 0.29) is 11.8 Å². The first-order chi connectivity index (χ1) is 10.7. The van der Waals surface area contributed by atoms with Crippen LogP contribution in [0.4, 0.5) is 0 Å². The molecule has 0 spiro atoms. The first-order valence-electron chi connectivity index (χ1n) is 7.28. The molecule has 1 aliphatic rings. The summed E-state index contributed by atoms with van der Waals surface area (Å²) < 4.78 is 7.12. The number of amides is 1. The average molecular weight is 302 g/mol. The van der Waals surface area contributed by atoms with Crippen molar-refractivity contribution in [3.05, 3.63) is 30.4 Å². The zero-order valence-corrected chi connectivity index (χ0v) is 12.4. The molecule has 3 heterocycles. The molecule has 1 atom stereocenters. The van der Waals surface area contributed by atoms with Crippen LogP contribution < -0.4 is 4.74 Å². The second kappa shape index (κ2) is 6.50. The summed E-state index contributed by atoms with van der Waals surface area (Å²) in [5.74, 6) is 0.201. The molecule has 1 aliphatic heterocycles. The quantitative estimate of drug-likeness (QED) is 0.819. The van der Waals surface area contributed by atoms with E-state index in [2.05, 4.69) is 20.3 Å². The van der Waals surface area contributed by atoms with Gasteiger partial charge in [-0.3, -0.25) is 9.48 Å². The van der Waals surface area contributed by atoms with Crippen LogP contribution in [0.15, 0.2) is 24.7 Å². The van der Waals surface area contributed by atoms with Crippen LogP contribution in [0.25, 0.3) is 0 Å². The lowest BCUT2D eigenvalue weighted by Crippen LogP contribution is -2.41. The number of rotatable bonds is 4. The normalized spacial score (nSPS) is 18.2. The van der Waals surface area contributed by atoms with Crippen molar-refractivity contribution >= 4 is 5.91 Å². The smallest absolute Gasteiger partial charge is 0.316 e. The maximum absolute atomic E-state index is 12.4. The highest BCUT2D eigenvalue weighted by Gasteiger charge is 2.26. The molecule has 1 fully saturated rings. The molecule has 8 nitrogen and oxygen atoms in total. The molecular formula is C14H18N6O2. The molecule has 0 radical (unpaired) electrons. The highest BCUT2D eigenvalue weighted by Crippen LogP contribution is 2.18. The molecule has 2 aromatic heterocycles. The summed E-state index contributed by atoms with van der Waals surface area (Å²) in [7, 11) is 1.75. The molecule has 22 heavy (non-hydrogen) atoms. The van der Waals surface area contributed by atoms with Crippen molar-refractivity contribution in [2.75, 3.05) is 19.7 Å². The SMILES string of the molecule is Cn1cc(C(=O)N2CCCC(COc3ncccn3)C2)nn1. The van der Waals surface area contributed by atoms with Crippen LogP contribution in [-0.4, -0.2) is 55.5 Å². The zero-order chi connectivity index (χ0) is 15.4. The molecule has 0 N–H and O–H groups in total. The minimum atomic E-state index is -0.0752. The fraction of sp³-hybridized carbons (Fsp3) is 0.500. The molecule has 1 saturated heterocycles. The van der Waals surface area contributed by atoms with Crippen LogP contribution >= 0.6 is 0 Å². The van der Waals surface area contributed by atoms with Gasteiger partial charge in [0.1, 0.15) is 0 Å². The zero-order valence-electron chi connectivity index (χ0n) is 12.4. The topological polar surface area (TPSA) is 86.0 Å². The number of likely N-dealkylation sites (tertiary alicyclic amines) is 1. The lowest BCUT2D eigenvalue weighted by Gasteiger charge is -2.31. The first kappa shape index (κ1) is 14.4. The standard InChI is InChI=1S/C14H18N6O2/c1-19-9-12(17-18-19)13(21)20-7-2-4-11(8-20)10-22-14-15-5-3-6-16-14/h3,5-6,9,11H,2,4,7-8,10H2,1H3. The van der Waals surface area contributed by atoms with Gasteiger partial charge in [-0.1, -0.05) is 5.21 Å². The van der Waals surface area contributed by atoms with Gasteiger partial charge in [-0.15, -0.1) is 5.10 Å². The van der Waals surface area contributed by atoms with Crippen molar-refractivity contribution in [1.82, 2.24) is 29.9 Å². The maximum Gasteiger partial charge on any atom is 0.316 e. The van der Waals surface area contributed by atoms with Gasteiger partial charge >= 0.3 is 6.01 Å². The van der Waals surface area contributed by atoms with Gasteiger partial charge in [0.2, 0.25) is 0 Å².